The Bertz CT molecular complexity index is 339. The van der Waals surface area contributed by atoms with Crippen LogP contribution in [0.15, 0.2) is 18.3 Å². The minimum absolute atomic E-state index is 0.142. The van der Waals surface area contributed by atoms with E-state index < -0.39 is 11.9 Å². The van der Waals surface area contributed by atoms with Crippen molar-refractivity contribution >= 4 is 5.91 Å². The zero-order chi connectivity index (χ0) is 9.97. The van der Waals surface area contributed by atoms with Crippen LogP contribution in [0.25, 0.3) is 0 Å². The molecule has 0 radical (unpaired) electrons. The fraction of sp³-hybridized carbons (Fsp3) is 0.333. The molecule has 2 heterocycles. The van der Waals surface area contributed by atoms with Gasteiger partial charge in [0.15, 0.2) is 6.10 Å². The topological polar surface area (TPSA) is 51.2 Å². The third-order valence-corrected chi connectivity index (χ3v) is 1.96. The maximum atomic E-state index is 12.5. The minimum Gasteiger partial charge on any atom is -0.464 e. The van der Waals surface area contributed by atoms with E-state index in [1.54, 1.807) is 0 Å². The molecular formula is C9H9FN2O2. The maximum absolute atomic E-state index is 12.5. The first-order chi connectivity index (χ1) is 6.75. The first-order valence-corrected chi connectivity index (χ1v) is 4.31. The van der Waals surface area contributed by atoms with Crippen LogP contribution in [0.4, 0.5) is 4.39 Å². The third-order valence-electron chi connectivity index (χ3n) is 1.96. The van der Waals surface area contributed by atoms with Gasteiger partial charge in [0.05, 0.1) is 6.20 Å². The van der Waals surface area contributed by atoms with E-state index in [2.05, 4.69) is 10.3 Å². The van der Waals surface area contributed by atoms with Crippen LogP contribution in [0.5, 0.6) is 5.88 Å². The molecule has 0 bridgehead atoms. The van der Waals surface area contributed by atoms with Gasteiger partial charge >= 0.3 is 0 Å². The number of carbonyl (C=O) groups excluding carboxylic acids is 1. The number of aromatic nitrogens is 1. The molecule has 1 aliphatic heterocycles. The lowest BCUT2D eigenvalue weighted by atomic mass is 10.3. The lowest BCUT2D eigenvalue weighted by Gasteiger charge is -2.08. The molecule has 74 valence electrons. The average molecular weight is 196 g/mol. The zero-order valence-electron chi connectivity index (χ0n) is 7.37. The third kappa shape index (κ3) is 1.81. The molecule has 4 nitrogen and oxygen atoms in total. The summed E-state index contributed by atoms with van der Waals surface area (Å²) in [6, 6.07) is 2.65. The Morgan fingerprint density at radius 2 is 2.43 bits per heavy atom. The molecule has 1 aliphatic rings. The van der Waals surface area contributed by atoms with Crippen molar-refractivity contribution in [3.05, 3.63) is 24.1 Å². The molecule has 2 rings (SSSR count). The van der Waals surface area contributed by atoms with E-state index in [0.717, 1.165) is 6.20 Å². The van der Waals surface area contributed by atoms with Gasteiger partial charge in [-0.2, -0.15) is 0 Å². The predicted octanol–water partition coefficient (Wildman–Crippen LogP) is 0.488. The lowest BCUT2D eigenvalue weighted by Crippen LogP contribution is -2.27. The van der Waals surface area contributed by atoms with Crippen molar-refractivity contribution in [2.24, 2.45) is 0 Å². The molecule has 0 spiro atoms. The number of nitrogens with one attached hydrogen (secondary N) is 1. The first kappa shape index (κ1) is 8.93. The summed E-state index contributed by atoms with van der Waals surface area (Å²) in [6.45, 7) is 0.616. The van der Waals surface area contributed by atoms with Gasteiger partial charge in [-0.05, 0) is 6.07 Å². The Morgan fingerprint density at radius 1 is 1.57 bits per heavy atom. The number of nitrogens with zero attached hydrogens (tertiary/aromatic N) is 1. The van der Waals surface area contributed by atoms with Crippen LogP contribution in [0.1, 0.15) is 6.42 Å². The highest BCUT2D eigenvalue weighted by atomic mass is 19.1. The molecule has 1 N–H and O–H groups in total. The molecule has 1 amide bonds. The number of carbonyl (C=O) groups is 1. The highest BCUT2D eigenvalue weighted by Gasteiger charge is 2.25. The van der Waals surface area contributed by atoms with Gasteiger partial charge < -0.3 is 10.1 Å². The smallest absolute Gasteiger partial charge is 0.261 e. The first-order valence-electron chi connectivity index (χ1n) is 4.31. The standard InChI is InChI=1S/C9H9FN2O2/c10-6-1-2-8(12-5-6)14-7-3-4-11-9(7)13/h1-2,5,7H,3-4H2,(H,11,13). The van der Waals surface area contributed by atoms with E-state index >= 15 is 0 Å². The fourth-order valence-electron chi connectivity index (χ4n) is 1.26. The number of hydrogen-bond donors (Lipinski definition) is 1. The van der Waals surface area contributed by atoms with Crippen molar-refractivity contribution < 1.29 is 13.9 Å². The Labute approximate surface area is 80.1 Å². The van der Waals surface area contributed by atoms with Crippen molar-refractivity contribution in [2.45, 2.75) is 12.5 Å². The zero-order valence-corrected chi connectivity index (χ0v) is 7.37. The summed E-state index contributed by atoms with van der Waals surface area (Å²) in [5.74, 6) is -0.294. The second-order valence-electron chi connectivity index (χ2n) is 3.00. The van der Waals surface area contributed by atoms with Crippen LogP contribution in [0.2, 0.25) is 0 Å². The molecular weight excluding hydrogens is 187 g/mol. The van der Waals surface area contributed by atoms with Crippen molar-refractivity contribution in [1.29, 1.82) is 0 Å². The van der Waals surface area contributed by atoms with E-state index in [0.29, 0.717) is 13.0 Å². The second-order valence-corrected chi connectivity index (χ2v) is 3.00. The summed E-state index contributed by atoms with van der Waals surface area (Å²) in [5.41, 5.74) is 0. The van der Waals surface area contributed by atoms with E-state index in [1.807, 2.05) is 0 Å². The van der Waals surface area contributed by atoms with E-state index in [1.165, 1.54) is 12.1 Å². The van der Waals surface area contributed by atoms with Crippen LogP contribution < -0.4 is 10.1 Å². The molecule has 1 aromatic rings. The summed E-state index contributed by atoms with van der Waals surface area (Å²) in [6.07, 6.45) is 1.19. The van der Waals surface area contributed by atoms with Crippen molar-refractivity contribution in [3.63, 3.8) is 0 Å². The summed E-state index contributed by atoms with van der Waals surface area (Å²) < 4.78 is 17.7. The molecule has 14 heavy (non-hydrogen) atoms. The number of hydrogen-bond acceptors (Lipinski definition) is 3. The summed E-state index contributed by atoms with van der Waals surface area (Å²) >= 11 is 0. The number of rotatable bonds is 2. The minimum atomic E-state index is -0.493. The number of amides is 1. The van der Waals surface area contributed by atoms with Gasteiger partial charge in [0.1, 0.15) is 5.82 Å². The highest BCUT2D eigenvalue weighted by Crippen LogP contribution is 2.12. The normalized spacial score (nSPS) is 20.6. The molecule has 1 fully saturated rings. The van der Waals surface area contributed by atoms with Gasteiger partial charge in [0.2, 0.25) is 5.88 Å². The van der Waals surface area contributed by atoms with Gasteiger partial charge in [-0.15, -0.1) is 0 Å². The SMILES string of the molecule is O=C1NCCC1Oc1ccc(F)cn1. The molecule has 0 saturated carbocycles. The Kier molecular flexibility index (Phi) is 2.30. The molecule has 0 aromatic carbocycles. The van der Waals surface area contributed by atoms with E-state index in [9.17, 15) is 9.18 Å². The molecule has 1 aromatic heterocycles. The van der Waals surface area contributed by atoms with Crippen LogP contribution in [0, 0.1) is 5.82 Å². The molecule has 1 atom stereocenters. The van der Waals surface area contributed by atoms with Gasteiger partial charge in [0.25, 0.3) is 5.91 Å². The molecule has 1 unspecified atom stereocenters. The number of pyridine rings is 1. The Balaban J connectivity index is 2.03. The van der Waals surface area contributed by atoms with Crippen LogP contribution in [-0.4, -0.2) is 23.5 Å². The average Bonchev–Trinajstić information content (AvgIpc) is 2.56. The van der Waals surface area contributed by atoms with Gasteiger partial charge in [-0.25, -0.2) is 9.37 Å². The molecule has 5 heteroatoms. The van der Waals surface area contributed by atoms with Crippen LogP contribution in [-0.2, 0) is 4.79 Å². The van der Waals surface area contributed by atoms with E-state index in [-0.39, 0.29) is 11.8 Å². The quantitative estimate of drug-likeness (QED) is 0.748. The molecule has 0 aliphatic carbocycles. The highest BCUT2D eigenvalue weighted by molar-refractivity contribution is 5.83. The van der Waals surface area contributed by atoms with E-state index in [4.69, 9.17) is 4.74 Å². The Hall–Kier alpha value is -1.65. The van der Waals surface area contributed by atoms with Gasteiger partial charge in [0, 0.05) is 19.0 Å². The molecule has 1 saturated heterocycles. The predicted molar refractivity (Wildman–Crippen MR) is 46.2 cm³/mol. The Morgan fingerprint density at radius 3 is 3.00 bits per heavy atom. The largest absolute Gasteiger partial charge is 0.464 e. The summed E-state index contributed by atoms with van der Waals surface area (Å²) in [4.78, 5) is 14.8. The number of ether oxygens (including phenoxy) is 1. The van der Waals surface area contributed by atoms with Crippen LogP contribution >= 0.6 is 0 Å². The summed E-state index contributed by atoms with van der Waals surface area (Å²) in [5, 5.41) is 2.64. The fourth-order valence-corrected chi connectivity index (χ4v) is 1.26. The van der Waals surface area contributed by atoms with Crippen LogP contribution in [0.3, 0.4) is 0 Å². The maximum Gasteiger partial charge on any atom is 0.261 e. The van der Waals surface area contributed by atoms with Crippen molar-refractivity contribution in [3.8, 4) is 5.88 Å². The lowest BCUT2D eigenvalue weighted by molar-refractivity contribution is -0.125. The van der Waals surface area contributed by atoms with Crippen molar-refractivity contribution in [2.75, 3.05) is 6.54 Å². The summed E-state index contributed by atoms with van der Waals surface area (Å²) in [7, 11) is 0. The monoisotopic (exact) mass is 196 g/mol. The second kappa shape index (κ2) is 3.61. The van der Waals surface area contributed by atoms with Gasteiger partial charge in [-0.3, -0.25) is 4.79 Å². The van der Waals surface area contributed by atoms with Gasteiger partial charge in [-0.1, -0.05) is 0 Å². The number of halogens is 1. The van der Waals surface area contributed by atoms with Crippen molar-refractivity contribution in [1.82, 2.24) is 10.3 Å².